The second-order valence-corrected chi connectivity index (χ2v) is 7.10. The summed E-state index contributed by atoms with van der Waals surface area (Å²) in [5.74, 6) is 0.106. The molecule has 7 nitrogen and oxygen atoms in total. The molecule has 1 saturated heterocycles. The molecule has 1 heterocycles. The molecule has 0 atom stereocenters. The van der Waals surface area contributed by atoms with Crippen LogP contribution >= 0.6 is 0 Å². The average Bonchev–Trinajstić information content (AvgIpc) is 2.64. The summed E-state index contributed by atoms with van der Waals surface area (Å²) in [4.78, 5) is 25.6. The minimum Gasteiger partial charge on any atom is -0.506 e. The van der Waals surface area contributed by atoms with Crippen LogP contribution in [0.4, 0.5) is 17.1 Å². The molecule has 0 aliphatic carbocycles. The van der Waals surface area contributed by atoms with Crippen LogP contribution in [0.15, 0.2) is 36.4 Å². The molecule has 1 aliphatic heterocycles. The second kappa shape index (κ2) is 7.65. The van der Waals surface area contributed by atoms with Crippen LogP contribution in [0.25, 0.3) is 0 Å². The average molecular weight is 369 g/mol. The molecule has 0 unspecified atom stereocenters. The largest absolute Gasteiger partial charge is 0.506 e. The van der Waals surface area contributed by atoms with Crippen molar-refractivity contribution in [2.75, 3.05) is 23.3 Å². The number of nitrogens with zero attached hydrogens (tertiary/aromatic N) is 2. The first-order valence-electron chi connectivity index (χ1n) is 8.99. The molecule has 3 rings (SSSR count). The number of non-ortho nitro benzene ring substituents is 1. The Morgan fingerprint density at radius 1 is 1.22 bits per heavy atom. The Hall–Kier alpha value is -3.09. The third-order valence-corrected chi connectivity index (χ3v) is 4.96. The highest BCUT2D eigenvalue weighted by Gasteiger charge is 2.24. The van der Waals surface area contributed by atoms with Gasteiger partial charge in [-0.1, -0.05) is 13.0 Å². The zero-order chi connectivity index (χ0) is 19.6. The third kappa shape index (κ3) is 4.19. The van der Waals surface area contributed by atoms with Gasteiger partial charge in [0.2, 0.25) is 0 Å². The van der Waals surface area contributed by atoms with Crippen molar-refractivity contribution < 1.29 is 14.8 Å². The van der Waals surface area contributed by atoms with E-state index in [9.17, 15) is 20.0 Å². The Bertz CT molecular complexity index is 874. The number of nitro benzene ring substituents is 1. The number of aromatic hydroxyl groups is 1. The number of anilines is 2. The van der Waals surface area contributed by atoms with Crippen LogP contribution in [0.2, 0.25) is 0 Å². The lowest BCUT2D eigenvalue weighted by Crippen LogP contribution is -2.34. The van der Waals surface area contributed by atoms with E-state index in [2.05, 4.69) is 17.1 Å². The van der Waals surface area contributed by atoms with E-state index in [4.69, 9.17) is 0 Å². The molecule has 27 heavy (non-hydrogen) atoms. The van der Waals surface area contributed by atoms with Crippen molar-refractivity contribution in [1.82, 2.24) is 0 Å². The molecular weight excluding hydrogens is 346 g/mol. The predicted octanol–water partition coefficient (Wildman–Crippen LogP) is 4.10. The highest BCUT2D eigenvalue weighted by atomic mass is 16.6. The SMILES string of the molecule is Cc1ccc(NC(=O)c2cc([N+](=O)[O-])ccc2N2CCC(C)CC2)c(O)c1. The molecule has 142 valence electrons. The first-order chi connectivity index (χ1) is 12.8. The first kappa shape index (κ1) is 18.7. The molecule has 0 radical (unpaired) electrons. The number of phenolic OH excluding ortho intramolecular Hbond substituents is 1. The Morgan fingerprint density at radius 2 is 1.93 bits per heavy atom. The van der Waals surface area contributed by atoms with Crippen molar-refractivity contribution in [1.29, 1.82) is 0 Å². The molecule has 1 aliphatic rings. The Morgan fingerprint density at radius 3 is 2.56 bits per heavy atom. The number of rotatable bonds is 4. The molecule has 1 amide bonds. The van der Waals surface area contributed by atoms with Gasteiger partial charge in [-0.25, -0.2) is 0 Å². The van der Waals surface area contributed by atoms with E-state index in [0.29, 0.717) is 11.6 Å². The number of aryl methyl sites for hydroxylation is 1. The van der Waals surface area contributed by atoms with E-state index in [1.807, 2.05) is 6.92 Å². The summed E-state index contributed by atoms with van der Waals surface area (Å²) in [6.07, 6.45) is 2.02. The molecule has 1 fully saturated rings. The van der Waals surface area contributed by atoms with E-state index in [0.717, 1.165) is 31.5 Å². The highest BCUT2D eigenvalue weighted by Crippen LogP contribution is 2.31. The topological polar surface area (TPSA) is 95.7 Å². The van der Waals surface area contributed by atoms with E-state index in [1.54, 1.807) is 24.3 Å². The minimum atomic E-state index is -0.512. The molecule has 0 saturated carbocycles. The monoisotopic (exact) mass is 369 g/mol. The summed E-state index contributed by atoms with van der Waals surface area (Å²) in [5.41, 5.74) is 1.91. The van der Waals surface area contributed by atoms with Crippen molar-refractivity contribution in [2.24, 2.45) is 5.92 Å². The van der Waals surface area contributed by atoms with Gasteiger partial charge in [-0.2, -0.15) is 0 Å². The van der Waals surface area contributed by atoms with Crippen LogP contribution in [0.5, 0.6) is 5.75 Å². The molecule has 0 spiro atoms. The molecular formula is C20H23N3O4. The lowest BCUT2D eigenvalue weighted by atomic mass is 9.98. The van der Waals surface area contributed by atoms with E-state index >= 15 is 0 Å². The first-order valence-corrected chi connectivity index (χ1v) is 8.99. The number of hydrogen-bond acceptors (Lipinski definition) is 5. The maximum Gasteiger partial charge on any atom is 0.270 e. The van der Waals surface area contributed by atoms with Gasteiger partial charge in [-0.3, -0.25) is 14.9 Å². The van der Waals surface area contributed by atoms with Crippen molar-refractivity contribution in [3.05, 3.63) is 57.6 Å². The molecule has 0 aromatic heterocycles. The fraction of sp³-hybridized carbons (Fsp3) is 0.350. The summed E-state index contributed by atoms with van der Waals surface area (Å²) < 4.78 is 0. The summed E-state index contributed by atoms with van der Waals surface area (Å²) in [6.45, 7) is 5.63. The van der Waals surface area contributed by atoms with Gasteiger partial charge in [0.05, 0.1) is 21.9 Å². The van der Waals surface area contributed by atoms with Crippen molar-refractivity contribution in [3.8, 4) is 5.75 Å². The smallest absolute Gasteiger partial charge is 0.270 e. The van der Waals surface area contributed by atoms with E-state index in [-0.39, 0.29) is 22.7 Å². The van der Waals surface area contributed by atoms with Gasteiger partial charge >= 0.3 is 0 Å². The van der Waals surface area contributed by atoms with Crippen LogP contribution in [0.1, 0.15) is 35.7 Å². The Kier molecular flexibility index (Phi) is 5.30. The third-order valence-electron chi connectivity index (χ3n) is 4.96. The van der Waals surface area contributed by atoms with Gasteiger partial charge in [0.15, 0.2) is 0 Å². The fourth-order valence-corrected chi connectivity index (χ4v) is 3.28. The quantitative estimate of drug-likeness (QED) is 0.481. The van der Waals surface area contributed by atoms with Crippen molar-refractivity contribution in [2.45, 2.75) is 26.7 Å². The number of carbonyl (C=O) groups excluding carboxylic acids is 1. The van der Waals surface area contributed by atoms with Gasteiger partial charge in [0.25, 0.3) is 11.6 Å². The lowest BCUT2D eigenvalue weighted by Gasteiger charge is -2.33. The van der Waals surface area contributed by atoms with Gasteiger partial charge in [0, 0.05) is 25.2 Å². The highest BCUT2D eigenvalue weighted by molar-refractivity contribution is 6.09. The molecule has 2 aromatic carbocycles. The van der Waals surface area contributed by atoms with Crippen LogP contribution in [0.3, 0.4) is 0 Å². The zero-order valence-corrected chi connectivity index (χ0v) is 15.4. The maximum absolute atomic E-state index is 12.9. The summed E-state index contributed by atoms with van der Waals surface area (Å²) in [7, 11) is 0. The number of benzene rings is 2. The van der Waals surface area contributed by atoms with Gasteiger partial charge in [-0.15, -0.1) is 0 Å². The minimum absolute atomic E-state index is 0.0397. The van der Waals surface area contributed by atoms with Crippen LogP contribution < -0.4 is 10.2 Å². The van der Waals surface area contributed by atoms with E-state index in [1.165, 1.54) is 12.1 Å². The summed E-state index contributed by atoms with van der Waals surface area (Å²) >= 11 is 0. The lowest BCUT2D eigenvalue weighted by molar-refractivity contribution is -0.384. The number of piperidine rings is 1. The van der Waals surface area contributed by atoms with Crippen LogP contribution in [0, 0.1) is 23.0 Å². The molecule has 0 bridgehead atoms. The Labute approximate surface area is 157 Å². The van der Waals surface area contributed by atoms with E-state index < -0.39 is 10.8 Å². The normalized spacial score (nSPS) is 14.8. The number of nitrogens with one attached hydrogen (secondary N) is 1. The number of nitro groups is 1. The number of carbonyl (C=O) groups is 1. The summed E-state index contributed by atoms with van der Waals surface area (Å²) in [5, 5.41) is 23.9. The molecule has 2 aromatic rings. The number of hydrogen-bond donors (Lipinski definition) is 2. The summed E-state index contributed by atoms with van der Waals surface area (Å²) in [6, 6.07) is 9.30. The van der Waals surface area contributed by atoms with Crippen LogP contribution in [-0.4, -0.2) is 29.0 Å². The number of amides is 1. The van der Waals surface area contributed by atoms with Gasteiger partial charge in [-0.05, 0) is 49.4 Å². The number of phenols is 1. The molecule has 7 heteroatoms. The second-order valence-electron chi connectivity index (χ2n) is 7.10. The van der Waals surface area contributed by atoms with Crippen molar-refractivity contribution in [3.63, 3.8) is 0 Å². The van der Waals surface area contributed by atoms with Crippen molar-refractivity contribution >= 4 is 23.0 Å². The fourth-order valence-electron chi connectivity index (χ4n) is 3.28. The standard InChI is InChI=1S/C20H23N3O4/c1-13-7-9-22(10-8-13)18-6-4-15(23(26)27)12-16(18)20(25)21-17-5-3-14(2)11-19(17)24/h3-6,11-13,24H,7-10H2,1-2H3,(H,21,25). The van der Waals surface area contributed by atoms with Crippen LogP contribution in [-0.2, 0) is 0 Å². The maximum atomic E-state index is 12.9. The van der Waals surface area contributed by atoms with Gasteiger partial charge < -0.3 is 15.3 Å². The molecule has 2 N–H and O–H groups in total. The Balaban J connectivity index is 1.94. The predicted molar refractivity (Wildman–Crippen MR) is 105 cm³/mol. The zero-order valence-electron chi connectivity index (χ0n) is 15.4. The van der Waals surface area contributed by atoms with Gasteiger partial charge in [0.1, 0.15) is 5.75 Å².